The summed E-state index contributed by atoms with van der Waals surface area (Å²) in [5.74, 6) is 0.306. The first-order chi connectivity index (χ1) is 14.1. The molecule has 0 aliphatic rings. The molecule has 0 aliphatic carbocycles. The standard InChI is InChI=1S/C22H21N5O2/c1-3-26(14-20-24-19-12-8-7-11-17(19)21(28)25-20)22(29)18-13-23-27(15(18)2)16-9-5-4-6-10-16/h4-13H,3,14H2,1-2H3,(H,24,25,28). The number of H-pyrrole nitrogens is 1. The molecule has 2 aromatic carbocycles. The van der Waals surface area contributed by atoms with Crippen molar-refractivity contribution in [2.75, 3.05) is 6.54 Å². The highest BCUT2D eigenvalue weighted by Crippen LogP contribution is 2.17. The first-order valence-electron chi connectivity index (χ1n) is 9.45. The second-order valence-corrected chi connectivity index (χ2v) is 6.74. The van der Waals surface area contributed by atoms with Crippen molar-refractivity contribution in [3.8, 4) is 5.69 Å². The van der Waals surface area contributed by atoms with Gasteiger partial charge in [0, 0.05) is 6.54 Å². The van der Waals surface area contributed by atoms with Crippen LogP contribution in [0.1, 0.15) is 28.8 Å². The molecule has 0 aliphatic heterocycles. The number of amides is 1. The Balaban J connectivity index is 1.63. The summed E-state index contributed by atoms with van der Waals surface area (Å²) in [7, 11) is 0. The molecule has 7 heteroatoms. The third-order valence-electron chi connectivity index (χ3n) is 4.91. The molecule has 0 fully saturated rings. The molecule has 7 nitrogen and oxygen atoms in total. The highest BCUT2D eigenvalue weighted by Gasteiger charge is 2.21. The molecule has 0 saturated heterocycles. The van der Waals surface area contributed by atoms with Gasteiger partial charge in [0.15, 0.2) is 0 Å². The first kappa shape index (κ1) is 18.6. The number of rotatable bonds is 5. The summed E-state index contributed by atoms with van der Waals surface area (Å²) in [5.41, 5.74) is 2.59. The zero-order valence-electron chi connectivity index (χ0n) is 16.3. The Kier molecular flexibility index (Phi) is 4.95. The monoisotopic (exact) mass is 387 g/mol. The van der Waals surface area contributed by atoms with Crippen LogP contribution in [0.15, 0.2) is 65.6 Å². The molecule has 0 bridgehead atoms. The van der Waals surface area contributed by atoms with E-state index in [1.54, 1.807) is 34.0 Å². The second kappa shape index (κ2) is 7.71. The fraction of sp³-hybridized carbons (Fsp3) is 0.182. The van der Waals surface area contributed by atoms with Crippen LogP contribution in [0.5, 0.6) is 0 Å². The number of para-hydroxylation sites is 2. The fourth-order valence-corrected chi connectivity index (χ4v) is 3.34. The van der Waals surface area contributed by atoms with Crippen molar-refractivity contribution < 1.29 is 4.79 Å². The van der Waals surface area contributed by atoms with E-state index in [9.17, 15) is 9.59 Å². The van der Waals surface area contributed by atoms with E-state index < -0.39 is 0 Å². The minimum absolute atomic E-state index is 0.150. The van der Waals surface area contributed by atoms with Crippen molar-refractivity contribution >= 4 is 16.8 Å². The molecule has 0 radical (unpaired) electrons. The second-order valence-electron chi connectivity index (χ2n) is 6.74. The Morgan fingerprint density at radius 3 is 2.59 bits per heavy atom. The summed E-state index contributed by atoms with van der Waals surface area (Å²) < 4.78 is 1.75. The zero-order valence-corrected chi connectivity index (χ0v) is 16.3. The van der Waals surface area contributed by atoms with Crippen LogP contribution in [0.3, 0.4) is 0 Å². The number of carbonyl (C=O) groups excluding carboxylic acids is 1. The van der Waals surface area contributed by atoms with Crippen LogP contribution < -0.4 is 5.56 Å². The first-order valence-corrected chi connectivity index (χ1v) is 9.45. The Bertz CT molecular complexity index is 1230. The van der Waals surface area contributed by atoms with Crippen LogP contribution >= 0.6 is 0 Å². The average Bonchev–Trinajstić information content (AvgIpc) is 3.13. The minimum atomic E-state index is -0.206. The van der Waals surface area contributed by atoms with Gasteiger partial charge in [0.1, 0.15) is 5.82 Å². The number of carbonyl (C=O) groups is 1. The van der Waals surface area contributed by atoms with Gasteiger partial charge in [0.2, 0.25) is 0 Å². The van der Waals surface area contributed by atoms with E-state index in [0.717, 1.165) is 11.4 Å². The number of benzene rings is 2. The molecule has 29 heavy (non-hydrogen) atoms. The molecule has 4 aromatic rings. The summed E-state index contributed by atoms with van der Waals surface area (Å²) in [6.07, 6.45) is 1.59. The lowest BCUT2D eigenvalue weighted by Crippen LogP contribution is -2.32. The average molecular weight is 387 g/mol. The topological polar surface area (TPSA) is 83.9 Å². The van der Waals surface area contributed by atoms with Crippen LogP contribution in [0.4, 0.5) is 0 Å². The van der Waals surface area contributed by atoms with Gasteiger partial charge in [-0.1, -0.05) is 30.3 Å². The quantitative estimate of drug-likeness (QED) is 0.570. The van der Waals surface area contributed by atoms with E-state index in [2.05, 4.69) is 15.1 Å². The van der Waals surface area contributed by atoms with Crippen molar-refractivity contribution in [2.24, 2.45) is 0 Å². The van der Waals surface area contributed by atoms with Gasteiger partial charge in [-0.25, -0.2) is 9.67 Å². The number of aromatic amines is 1. The summed E-state index contributed by atoms with van der Waals surface area (Å²) >= 11 is 0. The van der Waals surface area contributed by atoms with Gasteiger partial charge in [-0.15, -0.1) is 0 Å². The highest BCUT2D eigenvalue weighted by atomic mass is 16.2. The van der Waals surface area contributed by atoms with Crippen LogP contribution in [0, 0.1) is 6.92 Å². The number of nitrogens with one attached hydrogen (secondary N) is 1. The van der Waals surface area contributed by atoms with Crippen LogP contribution in [-0.2, 0) is 6.54 Å². The number of aromatic nitrogens is 4. The normalized spacial score (nSPS) is 11.0. The van der Waals surface area contributed by atoms with Crippen LogP contribution in [-0.4, -0.2) is 37.1 Å². The Labute approximate surface area is 167 Å². The maximum atomic E-state index is 13.1. The largest absolute Gasteiger partial charge is 0.331 e. The molecule has 2 heterocycles. The van der Waals surface area contributed by atoms with Crippen molar-refractivity contribution in [1.82, 2.24) is 24.6 Å². The van der Waals surface area contributed by atoms with Crippen LogP contribution in [0.25, 0.3) is 16.6 Å². The molecule has 1 amide bonds. The lowest BCUT2D eigenvalue weighted by molar-refractivity contribution is 0.0747. The molecule has 0 atom stereocenters. The van der Waals surface area contributed by atoms with Crippen molar-refractivity contribution in [3.63, 3.8) is 0 Å². The minimum Gasteiger partial charge on any atom is -0.331 e. The van der Waals surface area contributed by atoms with Gasteiger partial charge in [0.05, 0.1) is 40.6 Å². The third kappa shape index (κ3) is 3.54. The molecular formula is C22H21N5O2. The Morgan fingerprint density at radius 2 is 1.83 bits per heavy atom. The SMILES string of the molecule is CCN(Cc1nc2ccccc2c(=O)[nH]1)C(=O)c1cnn(-c2ccccc2)c1C. The summed E-state index contributed by atoms with van der Waals surface area (Å²) in [6, 6.07) is 16.8. The predicted molar refractivity (Wildman–Crippen MR) is 111 cm³/mol. The summed E-state index contributed by atoms with van der Waals surface area (Å²) in [5, 5.41) is 4.91. The predicted octanol–water partition coefficient (Wildman–Crippen LogP) is 3.08. The smallest absolute Gasteiger partial charge is 0.258 e. The van der Waals surface area contributed by atoms with Gasteiger partial charge in [0.25, 0.3) is 11.5 Å². The number of nitrogens with zero attached hydrogens (tertiary/aromatic N) is 4. The zero-order chi connectivity index (χ0) is 20.4. The van der Waals surface area contributed by atoms with E-state index in [-0.39, 0.29) is 18.0 Å². The Hall–Kier alpha value is -3.74. The van der Waals surface area contributed by atoms with E-state index in [0.29, 0.717) is 28.8 Å². The number of hydrogen-bond donors (Lipinski definition) is 1. The fourth-order valence-electron chi connectivity index (χ4n) is 3.34. The third-order valence-corrected chi connectivity index (χ3v) is 4.91. The van der Waals surface area contributed by atoms with Crippen molar-refractivity contribution in [1.29, 1.82) is 0 Å². The van der Waals surface area contributed by atoms with E-state index in [4.69, 9.17) is 0 Å². The van der Waals surface area contributed by atoms with Crippen molar-refractivity contribution in [2.45, 2.75) is 20.4 Å². The lowest BCUT2D eigenvalue weighted by atomic mass is 10.2. The summed E-state index contributed by atoms with van der Waals surface area (Å²) in [6.45, 7) is 4.46. The molecule has 1 N–H and O–H groups in total. The van der Waals surface area contributed by atoms with E-state index in [1.807, 2.05) is 50.2 Å². The van der Waals surface area contributed by atoms with Gasteiger partial charge >= 0.3 is 0 Å². The molecule has 4 rings (SSSR count). The van der Waals surface area contributed by atoms with Gasteiger partial charge in [-0.05, 0) is 38.1 Å². The molecule has 0 saturated carbocycles. The van der Waals surface area contributed by atoms with Crippen molar-refractivity contribution in [3.05, 3.63) is 88.2 Å². The maximum absolute atomic E-state index is 13.1. The van der Waals surface area contributed by atoms with E-state index >= 15 is 0 Å². The van der Waals surface area contributed by atoms with Gasteiger partial charge < -0.3 is 9.88 Å². The molecular weight excluding hydrogens is 366 g/mol. The molecule has 2 aromatic heterocycles. The molecule has 0 spiro atoms. The maximum Gasteiger partial charge on any atom is 0.258 e. The number of fused-ring (bicyclic) bond motifs is 1. The lowest BCUT2D eigenvalue weighted by Gasteiger charge is -2.20. The van der Waals surface area contributed by atoms with E-state index in [1.165, 1.54) is 0 Å². The Morgan fingerprint density at radius 1 is 1.10 bits per heavy atom. The summed E-state index contributed by atoms with van der Waals surface area (Å²) in [4.78, 5) is 34.4. The van der Waals surface area contributed by atoms with Crippen LogP contribution in [0.2, 0.25) is 0 Å². The van der Waals surface area contributed by atoms with Gasteiger partial charge in [-0.3, -0.25) is 9.59 Å². The molecule has 146 valence electrons. The number of hydrogen-bond acceptors (Lipinski definition) is 4. The molecule has 0 unspecified atom stereocenters. The highest BCUT2D eigenvalue weighted by molar-refractivity contribution is 5.95. The van der Waals surface area contributed by atoms with Gasteiger partial charge in [-0.2, -0.15) is 5.10 Å².